The van der Waals surface area contributed by atoms with Crippen molar-refractivity contribution < 1.29 is 0 Å². The molecule has 0 atom stereocenters. The van der Waals surface area contributed by atoms with Gasteiger partial charge in [0.1, 0.15) is 0 Å². The maximum atomic E-state index is 4.60. The van der Waals surface area contributed by atoms with Crippen molar-refractivity contribution in [3.8, 4) is 11.1 Å². The van der Waals surface area contributed by atoms with Crippen LogP contribution in [0.15, 0.2) is 66.7 Å². The Bertz CT molecular complexity index is 1120. The summed E-state index contributed by atoms with van der Waals surface area (Å²) in [5, 5.41) is 3.72. The zero-order chi connectivity index (χ0) is 19.8. The van der Waals surface area contributed by atoms with Crippen LogP contribution in [0.4, 0.5) is 5.95 Å². The molecule has 0 bridgehead atoms. The second-order valence-electron chi connectivity index (χ2n) is 8.14. The molecule has 5 rings (SSSR count). The van der Waals surface area contributed by atoms with Crippen LogP contribution < -0.4 is 10.2 Å². The van der Waals surface area contributed by atoms with Crippen molar-refractivity contribution in [2.45, 2.75) is 25.4 Å². The maximum absolute atomic E-state index is 4.60. The summed E-state index contributed by atoms with van der Waals surface area (Å²) in [6.07, 6.45) is 2.26. The van der Waals surface area contributed by atoms with Crippen molar-refractivity contribution >= 4 is 29.4 Å². The van der Waals surface area contributed by atoms with E-state index < -0.39 is 0 Å². The van der Waals surface area contributed by atoms with E-state index in [0.29, 0.717) is 6.04 Å². The predicted molar refractivity (Wildman–Crippen MR) is 128 cm³/mol. The van der Waals surface area contributed by atoms with Crippen LogP contribution in [0.5, 0.6) is 0 Å². The molecule has 30 heavy (non-hydrogen) atoms. The molecule has 1 aromatic heterocycles. The van der Waals surface area contributed by atoms with Gasteiger partial charge < -0.3 is 15.2 Å². The van der Waals surface area contributed by atoms with Crippen LogP contribution in [0, 0.1) is 0 Å². The smallest absolute Gasteiger partial charge is 0.203 e. The first-order valence-corrected chi connectivity index (χ1v) is 10.2. The zero-order valence-electron chi connectivity index (χ0n) is 17.4. The summed E-state index contributed by atoms with van der Waals surface area (Å²) in [4.78, 5) is 9.97. The number of hydrogen-bond donors (Lipinski definition) is 2. The third-order valence-electron chi connectivity index (χ3n) is 5.83. The Labute approximate surface area is 183 Å². The van der Waals surface area contributed by atoms with Crippen LogP contribution in [-0.2, 0) is 19.4 Å². The van der Waals surface area contributed by atoms with Gasteiger partial charge in [-0.25, -0.2) is 4.98 Å². The molecule has 0 aliphatic heterocycles. The molecule has 1 aliphatic carbocycles. The SMILES string of the molecule is CN(C)c1nc2ccc(-c3ccc(CNC4Cc5ccccc5C4)cc3)cc2[nH]1.Cl. The van der Waals surface area contributed by atoms with E-state index in [4.69, 9.17) is 0 Å². The van der Waals surface area contributed by atoms with E-state index >= 15 is 0 Å². The minimum Gasteiger partial charge on any atom is -0.349 e. The molecule has 0 amide bonds. The van der Waals surface area contributed by atoms with E-state index in [1.165, 1.54) is 27.8 Å². The van der Waals surface area contributed by atoms with Gasteiger partial charge >= 0.3 is 0 Å². The molecule has 4 nitrogen and oxygen atoms in total. The molecule has 5 heteroatoms. The van der Waals surface area contributed by atoms with Gasteiger partial charge in [0, 0.05) is 26.7 Å². The van der Waals surface area contributed by atoms with Gasteiger partial charge in [0.25, 0.3) is 0 Å². The molecule has 0 saturated heterocycles. The molecular formula is C25H27ClN4. The van der Waals surface area contributed by atoms with E-state index in [0.717, 1.165) is 36.4 Å². The Balaban J connectivity index is 0.00000218. The molecule has 0 fully saturated rings. The second-order valence-corrected chi connectivity index (χ2v) is 8.14. The van der Waals surface area contributed by atoms with E-state index in [-0.39, 0.29) is 12.4 Å². The fourth-order valence-electron chi connectivity index (χ4n) is 4.17. The number of benzene rings is 3. The van der Waals surface area contributed by atoms with Crippen LogP contribution in [-0.4, -0.2) is 30.1 Å². The van der Waals surface area contributed by atoms with Crippen LogP contribution in [0.3, 0.4) is 0 Å². The van der Waals surface area contributed by atoms with Crippen LogP contribution in [0.2, 0.25) is 0 Å². The Morgan fingerprint density at radius 2 is 1.60 bits per heavy atom. The third-order valence-corrected chi connectivity index (χ3v) is 5.83. The van der Waals surface area contributed by atoms with Crippen LogP contribution in [0.25, 0.3) is 22.2 Å². The molecule has 0 radical (unpaired) electrons. The highest BCUT2D eigenvalue weighted by Gasteiger charge is 2.20. The summed E-state index contributed by atoms with van der Waals surface area (Å²) in [7, 11) is 3.99. The minimum absolute atomic E-state index is 0. The first-order valence-electron chi connectivity index (χ1n) is 10.2. The Morgan fingerprint density at radius 1 is 0.933 bits per heavy atom. The highest BCUT2D eigenvalue weighted by Crippen LogP contribution is 2.26. The second kappa shape index (κ2) is 8.50. The first kappa shape index (κ1) is 20.5. The largest absolute Gasteiger partial charge is 0.349 e. The lowest BCUT2D eigenvalue weighted by molar-refractivity contribution is 0.533. The third kappa shape index (κ3) is 4.07. The van der Waals surface area contributed by atoms with Gasteiger partial charge in [-0.3, -0.25) is 0 Å². The quantitative estimate of drug-likeness (QED) is 0.480. The molecule has 4 aromatic rings. The maximum Gasteiger partial charge on any atom is 0.203 e. The van der Waals surface area contributed by atoms with Crippen molar-refractivity contribution in [2.24, 2.45) is 0 Å². The average Bonchev–Trinajstić information content (AvgIpc) is 3.36. The number of nitrogens with one attached hydrogen (secondary N) is 2. The summed E-state index contributed by atoms with van der Waals surface area (Å²) in [6, 6.07) is 24.6. The summed E-state index contributed by atoms with van der Waals surface area (Å²) >= 11 is 0. The summed E-state index contributed by atoms with van der Waals surface area (Å²) in [6.45, 7) is 0.907. The lowest BCUT2D eigenvalue weighted by Crippen LogP contribution is -2.28. The molecule has 3 aromatic carbocycles. The number of rotatable bonds is 5. The molecule has 1 heterocycles. The van der Waals surface area contributed by atoms with E-state index in [1.807, 2.05) is 19.0 Å². The van der Waals surface area contributed by atoms with Crippen LogP contribution in [0.1, 0.15) is 16.7 Å². The molecular weight excluding hydrogens is 392 g/mol. The van der Waals surface area contributed by atoms with E-state index in [2.05, 4.69) is 82.0 Å². The van der Waals surface area contributed by atoms with Gasteiger partial charge in [0.05, 0.1) is 11.0 Å². The lowest BCUT2D eigenvalue weighted by atomic mass is 10.0. The van der Waals surface area contributed by atoms with Crippen molar-refractivity contribution in [3.05, 3.63) is 83.4 Å². The topological polar surface area (TPSA) is 44.0 Å². The van der Waals surface area contributed by atoms with Gasteiger partial charge in [-0.2, -0.15) is 0 Å². The monoisotopic (exact) mass is 418 g/mol. The number of hydrogen-bond acceptors (Lipinski definition) is 3. The van der Waals surface area contributed by atoms with Crippen LogP contribution >= 0.6 is 12.4 Å². The molecule has 1 aliphatic rings. The fourth-order valence-corrected chi connectivity index (χ4v) is 4.17. The highest BCUT2D eigenvalue weighted by molar-refractivity contribution is 5.85. The summed E-state index contributed by atoms with van der Waals surface area (Å²) < 4.78 is 0. The number of halogens is 1. The van der Waals surface area contributed by atoms with E-state index in [1.54, 1.807) is 0 Å². The van der Waals surface area contributed by atoms with Gasteiger partial charge in [-0.15, -0.1) is 12.4 Å². The molecule has 154 valence electrons. The Kier molecular flexibility index (Phi) is 5.80. The number of H-pyrrole nitrogens is 1. The molecule has 0 spiro atoms. The number of aromatic amines is 1. The van der Waals surface area contributed by atoms with E-state index in [9.17, 15) is 0 Å². The fraction of sp³-hybridized carbons (Fsp3) is 0.240. The Hall–Kier alpha value is -2.82. The highest BCUT2D eigenvalue weighted by atomic mass is 35.5. The molecule has 0 unspecified atom stereocenters. The summed E-state index contributed by atoms with van der Waals surface area (Å²) in [5.74, 6) is 0.882. The van der Waals surface area contributed by atoms with Gasteiger partial charge in [-0.1, -0.05) is 54.6 Å². The van der Waals surface area contributed by atoms with Gasteiger partial charge in [0.2, 0.25) is 5.95 Å². The predicted octanol–water partition coefficient (Wildman–Crippen LogP) is 4.97. The number of nitrogens with zero attached hydrogens (tertiary/aromatic N) is 2. The van der Waals surface area contributed by atoms with Crippen molar-refractivity contribution in [3.63, 3.8) is 0 Å². The zero-order valence-corrected chi connectivity index (χ0v) is 18.2. The number of imidazole rings is 1. The standard InChI is InChI=1S/C25H26N4.ClH/c1-29(2)25-27-23-12-11-21(15-24(23)28-25)18-9-7-17(8-10-18)16-26-22-13-19-5-3-4-6-20(19)14-22;/h3-12,15,22,26H,13-14,16H2,1-2H3,(H,27,28);1H. The van der Waals surface area contributed by atoms with Crippen molar-refractivity contribution in [1.29, 1.82) is 0 Å². The number of aromatic nitrogens is 2. The molecule has 0 saturated carbocycles. The van der Waals surface area contributed by atoms with Gasteiger partial charge in [-0.05, 0) is 52.8 Å². The minimum atomic E-state index is 0. The first-order chi connectivity index (χ1) is 14.2. The number of anilines is 1. The van der Waals surface area contributed by atoms with Gasteiger partial charge in [0.15, 0.2) is 0 Å². The van der Waals surface area contributed by atoms with Crippen molar-refractivity contribution in [2.75, 3.05) is 19.0 Å². The number of fused-ring (bicyclic) bond motifs is 2. The molecule has 2 N–H and O–H groups in total. The Morgan fingerprint density at radius 3 is 2.27 bits per heavy atom. The lowest BCUT2D eigenvalue weighted by Gasteiger charge is -2.12. The normalized spacial score (nSPS) is 13.3. The van der Waals surface area contributed by atoms with Crippen molar-refractivity contribution in [1.82, 2.24) is 15.3 Å². The average molecular weight is 419 g/mol. The summed E-state index contributed by atoms with van der Waals surface area (Å²) in [5.41, 5.74) is 8.80.